The fraction of sp³-hybridized carbons (Fsp3) is 0.375. The fourth-order valence-electron chi connectivity index (χ4n) is 3.62. The number of anilines is 3. The lowest BCUT2D eigenvalue weighted by molar-refractivity contribution is -0.147. The maximum Gasteiger partial charge on any atom is 0.328 e. The van der Waals surface area contributed by atoms with Crippen LogP contribution in [-0.2, 0) is 25.6 Å². The molecule has 0 aliphatic heterocycles. The van der Waals surface area contributed by atoms with Crippen LogP contribution < -0.4 is 33.0 Å². The third-order valence-corrected chi connectivity index (χ3v) is 5.58. The summed E-state index contributed by atoms with van der Waals surface area (Å²) in [5, 5.41) is 2.57. The molecular weight excluding hydrogens is 510 g/mol. The molecule has 8 N–H and O–H groups in total. The predicted octanol–water partition coefficient (Wildman–Crippen LogP) is -0.544. The van der Waals surface area contributed by atoms with Gasteiger partial charge in [0.15, 0.2) is 11.2 Å². The van der Waals surface area contributed by atoms with Gasteiger partial charge in [-0.3, -0.25) is 19.4 Å². The van der Waals surface area contributed by atoms with E-state index in [-0.39, 0.29) is 54.7 Å². The minimum Gasteiger partial charge on any atom is -0.465 e. The number of esters is 2. The number of nitrogens with two attached hydrogens (primary N) is 3. The Hall–Kier alpha value is -4.79. The summed E-state index contributed by atoms with van der Waals surface area (Å²) < 4.78 is 9.89. The molecule has 3 rings (SSSR count). The van der Waals surface area contributed by atoms with Crippen LogP contribution in [0.2, 0.25) is 0 Å². The van der Waals surface area contributed by atoms with E-state index in [4.69, 9.17) is 26.7 Å². The quantitative estimate of drug-likeness (QED) is 0.192. The van der Waals surface area contributed by atoms with Gasteiger partial charge in [-0.1, -0.05) is 0 Å². The molecular formula is C24H31N9O6. The van der Waals surface area contributed by atoms with Gasteiger partial charge in [-0.2, -0.15) is 4.98 Å². The van der Waals surface area contributed by atoms with E-state index in [2.05, 4.69) is 25.3 Å². The predicted molar refractivity (Wildman–Crippen MR) is 142 cm³/mol. The minimum absolute atomic E-state index is 0.00708. The summed E-state index contributed by atoms with van der Waals surface area (Å²) in [6, 6.07) is 4.20. The highest BCUT2D eigenvalue weighted by molar-refractivity contribution is 5.97. The Labute approximate surface area is 223 Å². The summed E-state index contributed by atoms with van der Waals surface area (Å²) in [5.41, 5.74) is 18.2. The van der Waals surface area contributed by atoms with Gasteiger partial charge >= 0.3 is 11.9 Å². The van der Waals surface area contributed by atoms with E-state index in [9.17, 15) is 19.2 Å². The smallest absolute Gasteiger partial charge is 0.328 e. The SMILES string of the molecule is CCOC(=O)C(N)C[C@H](NC(=O)c1ccc(N(C)Cc2nc3c(=O)[nH]c(N)nc3nc2N)cc1)C(=O)OCC. The van der Waals surface area contributed by atoms with Gasteiger partial charge in [0, 0.05) is 24.7 Å². The zero-order valence-corrected chi connectivity index (χ0v) is 21.8. The Kier molecular flexibility index (Phi) is 9.33. The lowest BCUT2D eigenvalue weighted by atomic mass is 10.1. The Bertz CT molecular complexity index is 1410. The molecule has 2 atom stereocenters. The number of amides is 1. The maximum absolute atomic E-state index is 12.9. The number of H-pyrrole nitrogens is 1. The summed E-state index contributed by atoms with van der Waals surface area (Å²) >= 11 is 0. The molecule has 0 bridgehead atoms. The number of carbonyl (C=O) groups is 3. The van der Waals surface area contributed by atoms with E-state index in [1.807, 2.05) is 0 Å². The zero-order chi connectivity index (χ0) is 28.7. The number of nitrogens with zero attached hydrogens (tertiary/aromatic N) is 4. The molecule has 2 aromatic heterocycles. The van der Waals surface area contributed by atoms with Gasteiger partial charge in [0.25, 0.3) is 11.5 Å². The molecule has 1 aromatic carbocycles. The molecule has 15 heteroatoms. The number of hydrogen-bond donors (Lipinski definition) is 5. The lowest BCUT2D eigenvalue weighted by Gasteiger charge is -2.21. The highest BCUT2D eigenvalue weighted by Crippen LogP contribution is 2.19. The van der Waals surface area contributed by atoms with Crippen LogP contribution in [0.4, 0.5) is 17.5 Å². The fourth-order valence-corrected chi connectivity index (χ4v) is 3.62. The van der Waals surface area contributed by atoms with E-state index in [0.717, 1.165) is 0 Å². The summed E-state index contributed by atoms with van der Waals surface area (Å²) in [6.45, 7) is 3.68. The van der Waals surface area contributed by atoms with Gasteiger partial charge in [-0.15, -0.1) is 0 Å². The second kappa shape index (κ2) is 12.6. The average molecular weight is 542 g/mol. The molecule has 208 valence electrons. The first-order valence-corrected chi connectivity index (χ1v) is 12.1. The first-order chi connectivity index (χ1) is 18.5. The standard InChI is InChI=1S/C24H31N9O6/c1-4-38-22(36)14(25)10-15(23(37)39-5-2)29-20(34)12-6-8-13(9-7-12)33(3)11-16-18(26)30-19-17(28-16)21(35)32-24(27)31-19/h6-9,14-15H,4-5,10-11,25H2,1-3H3,(H,29,34)(H5,26,27,30,31,32,35)/t14?,15-/m0/s1. The van der Waals surface area contributed by atoms with Crippen molar-refractivity contribution in [2.75, 3.05) is 36.6 Å². The summed E-state index contributed by atoms with van der Waals surface area (Å²) in [7, 11) is 1.76. The summed E-state index contributed by atoms with van der Waals surface area (Å²) in [4.78, 5) is 65.8. The van der Waals surface area contributed by atoms with Crippen LogP contribution in [0, 0.1) is 0 Å². The van der Waals surface area contributed by atoms with Crippen molar-refractivity contribution in [2.45, 2.75) is 38.9 Å². The van der Waals surface area contributed by atoms with E-state index in [1.54, 1.807) is 50.1 Å². The number of fused-ring (bicyclic) bond motifs is 1. The number of carbonyl (C=O) groups excluding carboxylic acids is 3. The van der Waals surface area contributed by atoms with Gasteiger partial charge in [0.05, 0.1) is 19.8 Å². The first kappa shape index (κ1) is 28.8. The molecule has 2 heterocycles. The molecule has 1 amide bonds. The van der Waals surface area contributed by atoms with Crippen LogP contribution in [0.1, 0.15) is 36.3 Å². The number of nitrogens with one attached hydrogen (secondary N) is 2. The van der Waals surface area contributed by atoms with Crippen molar-refractivity contribution in [3.63, 3.8) is 0 Å². The van der Waals surface area contributed by atoms with E-state index in [1.165, 1.54) is 0 Å². The number of aromatic nitrogens is 4. The summed E-state index contributed by atoms with van der Waals surface area (Å²) in [6.07, 6.45) is -0.191. The minimum atomic E-state index is -1.15. The number of hydrogen-bond acceptors (Lipinski definition) is 13. The first-order valence-electron chi connectivity index (χ1n) is 12.1. The van der Waals surface area contributed by atoms with Gasteiger partial charge in [0.2, 0.25) is 5.95 Å². The third-order valence-electron chi connectivity index (χ3n) is 5.58. The molecule has 0 saturated carbocycles. The van der Waals surface area contributed by atoms with Gasteiger partial charge in [-0.05, 0) is 38.1 Å². The molecule has 0 radical (unpaired) electrons. The summed E-state index contributed by atoms with van der Waals surface area (Å²) in [5.74, 6) is -1.96. The maximum atomic E-state index is 12.9. The lowest BCUT2D eigenvalue weighted by Crippen LogP contribution is -2.47. The van der Waals surface area contributed by atoms with Crippen LogP contribution in [0.3, 0.4) is 0 Å². The Morgan fingerprint density at radius 3 is 2.31 bits per heavy atom. The van der Waals surface area contributed by atoms with Crippen LogP contribution in [0.5, 0.6) is 0 Å². The highest BCUT2D eigenvalue weighted by atomic mass is 16.5. The van der Waals surface area contributed by atoms with Crippen molar-refractivity contribution in [1.82, 2.24) is 25.3 Å². The highest BCUT2D eigenvalue weighted by Gasteiger charge is 2.28. The van der Waals surface area contributed by atoms with Crippen molar-refractivity contribution >= 4 is 46.5 Å². The second-order valence-electron chi connectivity index (χ2n) is 8.45. The normalized spacial score (nSPS) is 12.4. The Balaban J connectivity index is 1.72. The molecule has 0 aliphatic carbocycles. The molecule has 0 saturated heterocycles. The molecule has 15 nitrogen and oxygen atoms in total. The molecule has 39 heavy (non-hydrogen) atoms. The Morgan fingerprint density at radius 2 is 1.67 bits per heavy atom. The zero-order valence-electron chi connectivity index (χ0n) is 21.8. The van der Waals surface area contributed by atoms with Gasteiger partial charge < -0.3 is 36.9 Å². The second-order valence-corrected chi connectivity index (χ2v) is 8.45. The molecule has 0 fully saturated rings. The number of rotatable bonds is 11. The monoisotopic (exact) mass is 541 g/mol. The van der Waals surface area contributed by atoms with Crippen molar-refractivity contribution in [3.05, 3.63) is 45.9 Å². The van der Waals surface area contributed by atoms with E-state index >= 15 is 0 Å². The van der Waals surface area contributed by atoms with Gasteiger partial charge in [0.1, 0.15) is 23.6 Å². The molecule has 1 unspecified atom stereocenters. The van der Waals surface area contributed by atoms with Crippen molar-refractivity contribution in [3.8, 4) is 0 Å². The third kappa shape index (κ3) is 7.16. The van der Waals surface area contributed by atoms with Crippen LogP contribution in [0.15, 0.2) is 29.1 Å². The largest absolute Gasteiger partial charge is 0.465 e. The van der Waals surface area contributed by atoms with Crippen LogP contribution in [-0.4, -0.2) is 70.1 Å². The molecule has 0 aliphatic rings. The van der Waals surface area contributed by atoms with Crippen molar-refractivity contribution < 1.29 is 23.9 Å². The number of ether oxygens (including phenoxy) is 2. The number of aromatic amines is 1. The molecule has 0 spiro atoms. The Morgan fingerprint density at radius 1 is 1.03 bits per heavy atom. The van der Waals surface area contributed by atoms with Gasteiger partial charge in [-0.25, -0.2) is 14.8 Å². The van der Waals surface area contributed by atoms with E-state index in [0.29, 0.717) is 11.4 Å². The van der Waals surface area contributed by atoms with Crippen molar-refractivity contribution in [1.29, 1.82) is 0 Å². The molecule has 3 aromatic rings. The van der Waals surface area contributed by atoms with Crippen LogP contribution in [0.25, 0.3) is 11.2 Å². The topological polar surface area (TPSA) is 235 Å². The van der Waals surface area contributed by atoms with E-state index < -0.39 is 35.5 Å². The van der Waals surface area contributed by atoms with Crippen LogP contribution >= 0.6 is 0 Å². The number of nitrogen functional groups attached to an aromatic ring is 2. The average Bonchev–Trinajstić information content (AvgIpc) is 2.89. The number of benzene rings is 1. The van der Waals surface area contributed by atoms with Crippen molar-refractivity contribution in [2.24, 2.45) is 5.73 Å².